The average molecular weight is 264 g/mol. The second kappa shape index (κ2) is 5.22. The summed E-state index contributed by atoms with van der Waals surface area (Å²) >= 11 is 1.79. The van der Waals surface area contributed by atoms with Crippen LogP contribution in [0.4, 0.5) is 11.4 Å². The van der Waals surface area contributed by atoms with Gasteiger partial charge in [-0.05, 0) is 24.1 Å². The van der Waals surface area contributed by atoms with E-state index in [0.717, 1.165) is 22.9 Å². The minimum atomic E-state index is 0.0439. The second-order valence-corrected chi connectivity index (χ2v) is 6.23. The molecule has 0 bridgehead atoms. The van der Waals surface area contributed by atoms with E-state index in [1.807, 2.05) is 30.0 Å². The number of nitrogen functional groups attached to an aromatic ring is 1. The Bertz CT molecular complexity index is 459. The fraction of sp³-hybridized carbons (Fsp3) is 0.500. The lowest BCUT2D eigenvalue weighted by Gasteiger charge is -2.32. The van der Waals surface area contributed by atoms with Crippen LogP contribution in [0.1, 0.15) is 20.8 Å². The van der Waals surface area contributed by atoms with Crippen molar-refractivity contribution in [2.75, 3.05) is 22.9 Å². The van der Waals surface area contributed by atoms with Crippen LogP contribution in [-0.4, -0.2) is 18.2 Å². The Morgan fingerprint density at radius 3 is 2.78 bits per heavy atom. The molecular weight excluding hydrogens is 244 g/mol. The van der Waals surface area contributed by atoms with Crippen LogP contribution in [-0.2, 0) is 4.79 Å². The van der Waals surface area contributed by atoms with E-state index in [1.54, 1.807) is 11.8 Å². The first-order valence-electron chi connectivity index (χ1n) is 6.34. The number of nitrogens with two attached hydrogens (primary N) is 1. The third-order valence-corrected chi connectivity index (χ3v) is 4.54. The van der Waals surface area contributed by atoms with Gasteiger partial charge in [-0.25, -0.2) is 0 Å². The number of carbonyl (C=O) groups excluding carboxylic acids is 1. The van der Waals surface area contributed by atoms with E-state index >= 15 is 0 Å². The van der Waals surface area contributed by atoms with E-state index in [-0.39, 0.29) is 11.8 Å². The second-order valence-electron chi connectivity index (χ2n) is 5.10. The zero-order chi connectivity index (χ0) is 13.3. The highest BCUT2D eigenvalue weighted by atomic mass is 32.2. The van der Waals surface area contributed by atoms with Crippen molar-refractivity contribution in [3.05, 3.63) is 18.2 Å². The standard InChI is InChI=1S/C14H20N2OS/c1-9(2)10(3)14(17)16-6-7-18-13-5-4-11(15)8-12(13)16/h4-5,8-10H,6-7,15H2,1-3H3. The summed E-state index contributed by atoms with van der Waals surface area (Å²) in [7, 11) is 0. The Hall–Kier alpha value is -1.16. The summed E-state index contributed by atoms with van der Waals surface area (Å²) in [6, 6.07) is 5.81. The highest BCUT2D eigenvalue weighted by molar-refractivity contribution is 7.99. The molecule has 0 aliphatic carbocycles. The summed E-state index contributed by atoms with van der Waals surface area (Å²) in [6.07, 6.45) is 0. The molecule has 1 atom stereocenters. The van der Waals surface area contributed by atoms with Crippen LogP contribution in [0.2, 0.25) is 0 Å². The number of carbonyl (C=O) groups is 1. The monoisotopic (exact) mass is 264 g/mol. The van der Waals surface area contributed by atoms with E-state index in [2.05, 4.69) is 13.8 Å². The van der Waals surface area contributed by atoms with Gasteiger partial charge in [0.1, 0.15) is 0 Å². The molecule has 0 saturated heterocycles. The highest BCUT2D eigenvalue weighted by Gasteiger charge is 2.28. The Morgan fingerprint density at radius 2 is 2.11 bits per heavy atom. The fourth-order valence-electron chi connectivity index (χ4n) is 1.99. The first kappa shape index (κ1) is 13.3. The summed E-state index contributed by atoms with van der Waals surface area (Å²) in [5, 5.41) is 0. The highest BCUT2D eigenvalue weighted by Crippen LogP contribution is 2.37. The smallest absolute Gasteiger partial charge is 0.230 e. The fourth-order valence-corrected chi connectivity index (χ4v) is 2.97. The number of fused-ring (bicyclic) bond motifs is 1. The molecule has 0 radical (unpaired) electrons. The molecule has 18 heavy (non-hydrogen) atoms. The molecule has 1 aromatic carbocycles. The van der Waals surface area contributed by atoms with Crippen LogP contribution in [0.15, 0.2) is 23.1 Å². The quantitative estimate of drug-likeness (QED) is 0.835. The van der Waals surface area contributed by atoms with Gasteiger partial charge in [0.05, 0.1) is 5.69 Å². The number of amides is 1. The maximum atomic E-state index is 12.5. The molecule has 98 valence electrons. The molecule has 1 aliphatic heterocycles. The van der Waals surface area contributed by atoms with Crippen LogP contribution in [0, 0.1) is 11.8 Å². The summed E-state index contributed by atoms with van der Waals surface area (Å²) in [5.41, 5.74) is 7.52. The molecule has 1 amide bonds. The van der Waals surface area contributed by atoms with Crippen LogP contribution < -0.4 is 10.6 Å². The number of rotatable bonds is 2. The van der Waals surface area contributed by atoms with Crippen molar-refractivity contribution in [1.82, 2.24) is 0 Å². The SMILES string of the molecule is CC(C)C(C)C(=O)N1CCSc2ccc(N)cc21. The van der Waals surface area contributed by atoms with Crippen LogP contribution in [0.5, 0.6) is 0 Å². The van der Waals surface area contributed by atoms with Gasteiger partial charge in [-0.15, -0.1) is 11.8 Å². The lowest BCUT2D eigenvalue weighted by molar-refractivity contribution is -0.123. The topological polar surface area (TPSA) is 46.3 Å². The van der Waals surface area contributed by atoms with Crippen molar-refractivity contribution >= 4 is 29.0 Å². The van der Waals surface area contributed by atoms with Gasteiger partial charge in [-0.2, -0.15) is 0 Å². The van der Waals surface area contributed by atoms with E-state index in [1.165, 1.54) is 0 Å². The molecule has 1 unspecified atom stereocenters. The summed E-state index contributed by atoms with van der Waals surface area (Å²) in [4.78, 5) is 15.5. The van der Waals surface area contributed by atoms with Gasteiger partial charge in [0, 0.05) is 28.8 Å². The van der Waals surface area contributed by atoms with Gasteiger partial charge in [-0.3, -0.25) is 4.79 Å². The number of nitrogens with zero attached hydrogens (tertiary/aromatic N) is 1. The van der Waals surface area contributed by atoms with E-state index in [9.17, 15) is 4.79 Å². The first-order valence-corrected chi connectivity index (χ1v) is 7.33. The number of anilines is 2. The molecule has 0 aromatic heterocycles. The van der Waals surface area contributed by atoms with Gasteiger partial charge in [0.25, 0.3) is 0 Å². The molecule has 2 rings (SSSR count). The van der Waals surface area contributed by atoms with Crippen molar-refractivity contribution in [3.63, 3.8) is 0 Å². The van der Waals surface area contributed by atoms with E-state index in [4.69, 9.17) is 5.73 Å². The van der Waals surface area contributed by atoms with Gasteiger partial charge in [0.15, 0.2) is 0 Å². The maximum absolute atomic E-state index is 12.5. The zero-order valence-corrected chi connectivity index (χ0v) is 12.0. The van der Waals surface area contributed by atoms with Crippen molar-refractivity contribution in [2.45, 2.75) is 25.7 Å². The molecular formula is C14H20N2OS. The Balaban J connectivity index is 2.32. The molecule has 3 nitrogen and oxygen atoms in total. The molecule has 0 fully saturated rings. The molecule has 4 heteroatoms. The Labute approximate surface area is 113 Å². The van der Waals surface area contributed by atoms with Crippen molar-refractivity contribution in [3.8, 4) is 0 Å². The van der Waals surface area contributed by atoms with E-state index < -0.39 is 0 Å². The third kappa shape index (κ3) is 2.48. The Kier molecular flexibility index (Phi) is 3.85. The predicted octanol–water partition coefficient (Wildman–Crippen LogP) is 3.00. The summed E-state index contributed by atoms with van der Waals surface area (Å²) < 4.78 is 0. The molecule has 1 heterocycles. The largest absolute Gasteiger partial charge is 0.399 e. The number of hydrogen-bond donors (Lipinski definition) is 1. The van der Waals surface area contributed by atoms with Crippen molar-refractivity contribution in [2.24, 2.45) is 11.8 Å². The lowest BCUT2D eigenvalue weighted by atomic mass is 9.96. The molecule has 0 spiro atoms. The molecule has 1 aromatic rings. The third-order valence-electron chi connectivity index (χ3n) is 3.50. The van der Waals surface area contributed by atoms with Gasteiger partial charge < -0.3 is 10.6 Å². The maximum Gasteiger partial charge on any atom is 0.230 e. The number of benzene rings is 1. The van der Waals surface area contributed by atoms with Gasteiger partial charge in [0.2, 0.25) is 5.91 Å². The van der Waals surface area contributed by atoms with Crippen molar-refractivity contribution in [1.29, 1.82) is 0 Å². The Morgan fingerprint density at radius 1 is 1.39 bits per heavy atom. The van der Waals surface area contributed by atoms with Gasteiger partial charge in [-0.1, -0.05) is 20.8 Å². The average Bonchev–Trinajstić information content (AvgIpc) is 2.36. The van der Waals surface area contributed by atoms with Crippen LogP contribution in [0.3, 0.4) is 0 Å². The normalized spacial score (nSPS) is 16.6. The van der Waals surface area contributed by atoms with Gasteiger partial charge >= 0.3 is 0 Å². The molecule has 1 aliphatic rings. The van der Waals surface area contributed by atoms with Crippen LogP contribution in [0.25, 0.3) is 0 Å². The van der Waals surface area contributed by atoms with Crippen LogP contribution >= 0.6 is 11.8 Å². The first-order chi connectivity index (χ1) is 8.50. The molecule has 2 N–H and O–H groups in total. The minimum Gasteiger partial charge on any atom is -0.399 e. The minimum absolute atomic E-state index is 0.0439. The lowest BCUT2D eigenvalue weighted by Crippen LogP contribution is -2.40. The molecule has 0 saturated carbocycles. The number of hydrogen-bond acceptors (Lipinski definition) is 3. The summed E-state index contributed by atoms with van der Waals surface area (Å²) in [6.45, 7) is 6.95. The summed E-state index contributed by atoms with van der Waals surface area (Å²) in [5.74, 6) is 1.56. The predicted molar refractivity (Wildman–Crippen MR) is 77.9 cm³/mol. The van der Waals surface area contributed by atoms with E-state index in [0.29, 0.717) is 11.6 Å². The zero-order valence-electron chi connectivity index (χ0n) is 11.1. The van der Waals surface area contributed by atoms with Crippen molar-refractivity contribution < 1.29 is 4.79 Å². The number of thioether (sulfide) groups is 1.